The van der Waals surface area contributed by atoms with Crippen LogP contribution in [0.25, 0.3) is 10.9 Å². The van der Waals surface area contributed by atoms with Crippen molar-refractivity contribution < 1.29 is 0 Å². The van der Waals surface area contributed by atoms with Gasteiger partial charge in [0.2, 0.25) is 0 Å². The van der Waals surface area contributed by atoms with Crippen molar-refractivity contribution in [1.82, 2.24) is 15.1 Å². The summed E-state index contributed by atoms with van der Waals surface area (Å²) < 4.78 is 2.11. The molecule has 0 bridgehead atoms. The van der Waals surface area contributed by atoms with Crippen molar-refractivity contribution >= 4 is 10.9 Å². The summed E-state index contributed by atoms with van der Waals surface area (Å²) in [4.78, 5) is 0. The van der Waals surface area contributed by atoms with Gasteiger partial charge in [-0.05, 0) is 19.0 Å². The molecule has 3 heteroatoms. The molecule has 0 saturated heterocycles. The summed E-state index contributed by atoms with van der Waals surface area (Å²) in [5, 5.41) is 9.28. The molecular weight excluding hydrogens is 198 g/mol. The lowest BCUT2D eigenvalue weighted by atomic mass is 10.2. The van der Waals surface area contributed by atoms with Crippen molar-refractivity contribution in [3.63, 3.8) is 0 Å². The van der Waals surface area contributed by atoms with Crippen molar-refractivity contribution in [3.05, 3.63) is 30.0 Å². The van der Waals surface area contributed by atoms with Gasteiger partial charge in [-0.1, -0.05) is 32.0 Å². The highest BCUT2D eigenvalue weighted by molar-refractivity contribution is 5.81. The molecule has 2 rings (SSSR count). The molecule has 0 amide bonds. The predicted molar refractivity (Wildman–Crippen MR) is 67.4 cm³/mol. The van der Waals surface area contributed by atoms with Gasteiger partial charge in [0.1, 0.15) is 0 Å². The van der Waals surface area contributed by atoms with E-state index in [1.807, 2.05) is 0 Å². The van der Waals surface area contributed by atoms with E-state index in [1.54, 1.807) is 0 Å². The van der Waals surface area contributed by atoms with Crippen LogP contribution in [0.4, 0.5) is 0 Å². The van der Waals surface area contributed by atoms with Gasteiger partial charge in [-0.2, -0.15) is 5.10 Å². The first-order chi connectivity index (χ1) is 7.86. The molecule has 1 heterocycles. The zero-order valence-electron chi connectivity index (χ0n) is 10.0. The minimum absolute atomic E-state index is 0.855. The SMILES string of the molecule is CCCn1nc(CNCC)c2ccccc21. The fraction of sp³-hybridized carbons (Fsp3) is 0.462. The Bertz CT molecular complexity index is 459. The minimum atomic E-state index is 0.855. The lowest BCUT2D eigenvalue weighted by molar-refractivity contribution is 0.601. The van der Waals surface area contributed by atoms with Crippen LogP contribution in [0.5, 0.6) is 0 Å². The van der Waals surface area contributed by atoms with E-state index >= 15 is 0 Å². The summed E-state index contributed by atoms with van der Waals surface area (Å²) >= 11 is 0. The number of aryl methyl sites for hydroxylation is 1. The Balaban J connectivity index is 2.40. The van der Waals surface area contributed by atoms with Crippen molar-refractivity contribution in [2.24, 2.45) is 0 Å². The van der Waals surface area contributed by atoms with Gasteiger partial charge >= 0.3 is 0 Å². The number of nitrogens with one attached hydrogen (secondary N) is 1. The van der Waals surface area contributed by atoms with Crippen LogP contribution in [0.15, 0.2) is 24.3 Å². The van der Waals surface area contributed by atoms with Gasteiger partial charge in [0.25, 0.3) is 0 Å². The van der Waals surface area contributed by atoms with Crippen LogP contribution in [-0.4, -0.2) is 16.3 Å². The zero-order chi connectivity index (χ0) is 11.4. The Morgan fingerprint density at radius 1 is 1.25 bits per heavy atom. The molecule has 16 heavy (non-hydrogen) atoms. The van der Waals surface area contributed by atoms with Crippen LogP contribution in [0.2, 0.25) is 0 Å². The molecule has 2 aromatic rings. The molecule has 0 spiro atoms. The predicted octanol–water partition coefficient (Wildman–Crippen LogP) is 2.56. The molecule has 86 valence electrons. The van der Waals surface area contributed by atoms with Crippen molar-refractivity contribution in [2.45, 2.75) is 33.4 Å². The maximum atomic E-state index is 4.67. The Kier molecular flexibility index (Phi) is 3.57. The quantitative estimate of drug-likeness (QED) is 0.834. The first-order valence-electron chi connectivity index (χ1n) is 6.02. The highest BCUT2D eigenvalue weighted by Gasteiger charge is 2.08. The molecule has 0 radical (unpaired) electrons. The number of rotatable bonds is 5. The maximum absolute atomic E-state index is 4.67. The number of para-hydroxylation sites is 1. The Morgan fingerprint density at radius 3 is 2.81 bits per heavy atom. The Morgan fingerprint density at radius 2 is 2.06 bits per heavy atom. The van der Waals surface area contributed by atoms with Crippen molar-refractivity contribution in [3.8, 4) is 0 Å². The fourth-order valence-corrected chi connectivity index (χ4v) is 1.95. The lowest BCUT2D eigenvalue weighted by Gasteiger charge is -1.99. The molecule has 0 aliphatic carbocycles. The summed E-state index contributed by atoms with van der Waals surface area (Å²) in [6, 6.07) is 8.46. The smallest absolute Gasteiger partial charge is 0.0841 e. The molecule has 1 N–H and O–H groups in total. The normalized spacial score (nSPS) is 11.1. The lowest BCUT2D eigenvalue weighted by Crippen LogP contribution is -2.12. The van der Waals surface area contributed by atoms with Crippen LogP contribution < -0.4 is 5.32 Å². The first kappa shape index (κ1) is 11.1. The Hall–Kier alpha value is -1.35. The summed E-state index contributed by atoms with van der Waals surface area (Å²) in [5.74, 6) is 0. The fourth-order valence-electron chi connectivity index (χ4n) is 1.95. The second kappa shape index (κ2) is 5.12. The minimum Gasteiger partial charge on any atom is -0.311 e. The number of hydrogen-bond acceptors (Lipinski definition) is 2. The largest absolute Gasteiger partial charge is 0.311 e. The molecule has 0 aliphatic rings. The highest BCUT2D eigenvalue weighted by Crippen LogP contribution is 2.18. The molecule has 0 fully saturated rings. The third kappa shape index (κ3) is 2.09. The first-order valence-corrected chi connectivity index (χ1v) is 6.02. The monoisotopic (exact) mass is 217 g/mol. The van der Waals surface area contributed by atoms with Gasteiger partial charge in [-0.15, -0.1) is 0 Å². The van der Waals surface area contributed by atoms with Crippen molar-refractivity contribution in [2.75, 3.05) is 6.54 Å². The van der Waals surface area contributed by atoms with Gasteiger partial charge < -0.3 is 5.32 Å². The molecule has 0 atom stereocenters. The number of nitrogens with zero attached hydrogens (tertiary/aromatic N) is 2. The van der Waals surface area contributed by atoms with E-state index in [0.29, 0.717) is 0 Å². The third-order valence-corrected chi connectivity index (χ3v) is 2.71. The van der Waals surface area contributed by atoms with Crippen molar-refractivity contribution in [1.29, 1.82) is 0 Å². The van der Waals surface area contributed by atoms with Gasteiger partial charge in [0, 0.05) is 18.5 Å². The molecule has 1 aromatic heterocycles. The average molecular weight is 217 g/mol. The summed E-state index contributed by atoms with van der Waals surface area (Å²) in [6.07, 6.45) is 1.12. The molecular formula is C13H19N3. The van der Waals surface area contributed by atoms with Crippen LogP contribution in [0.3, 0.4) is 0 Å². The van der Waals surface area contributed by atoms with Gasteiger partial charge in [-0.3, -0.25) is 4.68 Å². The molecule has 0 unspecified atom stereocenters. The van der Waals surface area contributed by atoms with Crippen LogP contribution in [0.1, 0.15) is 26.0 Å². The molecule has 3 nitrogen and oxygen atoms in total. The molecule has 0 aliphatic heterocycles. The topological polar surface area (TPSA) is 29.9 Å². The van der Waals surface area contributed by atoms with Crippen LogP contribution in [-0.2, 0) is 13.1 Å². The summed E-state index contributed by atoms with van der Waals surface area (Å²) in [7, 11) is 0. The average Bonchev–Trinajstić information content (AvgIpc) is 2.66. The van der Waals surface area contributed by atoms with Crippen LogP contribution >= 0.6 is 0 Å². The molecule has 1 aromatic carbocycles. The van der Waals surface area contributed by atoms with E-state index in [2.05, 4.69) is 53.2 Å². The number of benzene rings is 1. The highest BCUT2D eigenvalue weighted by atomic mass is 15.3. The maximum Gasteiger partial charge on any atom is 0.0841 e. The standard InChI is InChI=1S/C13H19N3/c1-3-9-16-13-8-6-5-7-11(13)12(15-16)10-14-4-2/h5-8,14H,3-4,9-10H2,1-2H3. The van der Waals surface area contributed by atoms with E-state index in [9.17, 15) is 0 Å². The van der Waals surface area contributed by atoms with Crippen LogP contribution in [0, 0.1) is 0 Å². The van der Waals surface area contributed by atoms with Gasteiger partial charge in [-0.25, -0.2) is 0 Å². The van der Waals surface area contributed by atoms with E-state index in [1.165, 1.54) is 10.9 Å². The van der Waals surface area contributed by atoms with E-state index in [0.717, 1.165) is 31.7 Å². The number of hydrogen-bond donors (Lipinski definition) is 1. The van der Waals surface area contributed by atoms with Gasteiger partial charge in [0.05, 0.1) is 11.2 Å². The van der Waals surface area contributed by atoms with E-state index in [-0.39, 0.29) is 0 Å². The Labute approximate surface area is 96.5 Å². The van der Waals surface area contributed by atoms with E-state index < -0.39 is 0 Å². The second-order valence-corrected chi connectivity index (χ2v) is 3.97. The third-order valence-electron chi connectivity index (χ3n) is 2.71. The zero-order valence-corrected chi connectivity index (χ0v) is 10.0. The van der Waals surface area contributed by atoms with E-state index in [4.69, 9.17) is 0 Å². The number of aromatic nitrogens is 2. The number of fused-ring (bicyclic) bond motifs is 1. The summed E-state index contributed by atoms with van der Waals surface area (Å²) in [5.41, 5.74) is 2.41. The van der Waals surface area contributed by atoms with Gasteiger partial charge in [0.15, 0.2) is 0 Å². The summed E-state index contributed by atoms with van der Waals surface area (Å²) in [6.45, 7) is 7.13. The second-order valence-electron chi connectivity index (χ2n) is 3.97. The molecule has 0 saturated carbocycles.